The van der Waals surface area contributed by atoms with Crippen molar-refractivity contribution >= 4 is 57.4 Å². The number of carbonyl (C=O) groups is 1. The van der Waals surface area contributed by atoms with Gasteiger partial charge in [-0.25, -0.2) is 4.98 Å². The van der Waals surface area contributed by atoms with E-state index in [1.54, 1.807) is 18.2 Å². The Morgan fingerprint density at radius 1 is 0.931 bits per heavy atom. The number of aromatic nitrogens is 2. The van der Waals surface area contributed by atoms with Crippen LogP contribution in [0.1, 0.15) is 21.7 Å². The van der Waals surface area contributed by atoms with E-state index < -0.39 is 0 Å². The summed E-state index contributed by atoms with van der Waals surface area (Å²) in [6, 6.07) is 12.6. The van der Waals surface area contributed by atoms with Gasteiger partial charge in [-0.3, -0.25) is 4.79 Å². The number of benzene rings is 2. The summed E-state index contributed by atoms with van der Waals surface area (Å²) in [6.45, 7) is 2.62. The van der Waals surface area contributed by atoms with E-state index in [1.165, 1.54) is 11.5 Å². The molecule has 1 aliphatic rings. The maximum absolute atomic E-state index is 12.7. The minimum Gasteiger partial charge on any atom is -0.343 e. The number of nitrogens with zero attached hydrogens (tertiary/aromatic N) is 4. The average Bonchev–Trinajstić information content (AvgIpc) is 3.17. The SMILES string of the molecule is O=C(c1cc(Cl)cc(Cl)c1)N1CCN(c2nc(Cc3ccc(Cl)cc3)ns2)CC1. The van der Waals surface area contributed by atoms with E-state index in [0.29, 0.717) is 53.2 Å². The first kappa shape index (κ1) is 20.4. The fraction of sp³-hybridized carbons (Fsp3) is 0.250. The van der Waals surface area contributed by atoms with Gasteiger partial charge in [-0.15, -0.1) is 0 Å². The molecule has 1 amide bonds. The lowest BCUT2D eigenvalue weighted by Gasteiger charge is -2.34. The van der Waals surface area contributed by atoms with Crippen LogP contribution >= 0.6 is 46.3 Å². The molecule has 1 aliphatic heterocycles. The molecule has 1 aromatic heterocycles. The van der Waals surface area contributed by atoms with Gasteiger partial charge in [0.2, 0.25) is 5.13 Å². The summed E-state index contributed by atoms with van der Waals surface area (Å²) in [5.74, 6) is 0.731. The number of piperazine rings is 1. The molecule has 2 aromatic carbocycles. The zero-order valence-electron chi connectivity index (χ0n) is 15.3. The largest absolute Gasteiger partial charge is 0.343 e. The first-order valence-electron chi connectivity index (χ1n) is 9.05. The van der Waals surface area contributed by atoms with Crippen molar-refractivity contribution in [3.63, 3.8) is 0 Å². The van der Waals surface area contributed by atoms with Crippen LogP contribution in [0.25, 0.3) is 0 Å². The van der Waals surface area contributed by atoms with Crippen molar-refractivity contribution in [2.24, 2.45) is 0 Å². The van der Waals surface area contributed by atoms with Gasteiger partial charge in [0.05, 0.1) is 0 Å². The zero-order valence-corrected chi connectivity index (χ0v) is 18.4. The third-order valence-corrected chi connectivity index (χ3v) is 6.18. The second kappa shape index (κ2) is 8.88. The molecule has 0 spiro atoms. The Morgan fingerprint density at radius 2 is 1.59 bits per heavy atom. The second-order valence-electron chi connectivity index (χ2n) is 6.73. The van der Waals surface area contributed by atoms with Gasteiger partial charge in [0.1, 0.15) is 5.82 Å². The first-order chi connectivity index (χ1) is 14.0. The van der Waals surface area contributed by atoms with Gasteiger partial charge in [0, 0.05) is 64.8 Å². The van der Waals surface area contributed by atoms with Crippen LogP contribution in [-0.2, 0) is 6.42 Å². The highest BCUT2D eigenvalue weighted by Gasteiger charge is 2.24. The molecule has 1 saturated heterocycles. The van der Waals surface area contributed by atoms with Crippen LogP contribution in [0.3, 0.4) is 0 Å². The van der Waals surface area contributed by atoms with E-state index >= 15 is 0 Å². The monoisotopic (exact) mass is 466 g/mol. The highest BCUT2D eigenvalue weighted by molar-refractivity contribution is 7.09. The Bertz CT molecular complexity index is 997. The van der Waals surface area contributed by atoms with Crippen molar-refractivity contribution in [2.75, 3.05) is 31.1 Å². The average molecular weight is 468 g/mol. The van der Waals surface area contributed by atoms with Gasteiger partial charge in [0.25, 0.3) is 5.91 Å². The molecule has 0 radical (unpaired) electrons. The normalized spacial score (nSPS) is 14.3. The highest BCUT2D eigenvalue weighted by atomic mass is 35.5. The lowest BCUT2D eigenvalue weighted by atomic mass is 10.1. The maximum Gasteiger partial charge on any atom is 0.254 e. The van der Waals surface area contributed by atoms with Gasteiger partial charge in [-0.1, -0.05) is 46.9 Å². The number of carbonyl (C=O) groups excluding carboxylic acids is 1. The number of hydrogen-bond acceptors (Lipinski definition) is 5. The van der Waals surface area contributed by atoms with E-state index in [-0.39, 0.29) is 5.91 Å². The summed E-state index contributed by atoms with van der Waals surface area (Å²) in [5, 5.41) is 2.52. The Morgan fingerprint density at radius 3 is 2.24 bits per heavy atom. The van der Waals surface area contributed by atoms with Crippen molar-refractivity contribution < 1.29 is 4.79 Å². The predicted octanol–water partition coefficient (Wildman–Crippen LogP) is 5.05. The predicted molar refractivity (Wildman–Crippen MR) is 119 cm³/mol. The first-order valence-corrected chi connectivity index (χ1v) is 11.0. The summed E-state index contributed by atoms with van der Waals surface area (Å²) in [6.07, 6.45) is 0.668. The molecule has 29 heavy (non-hydrogen) atoms. The molecule has 150 valence electrons. The summed E-state index contributed by atoms with van der Waals surface area (Å²) >= 11 is 19.4. The molecular weight excluding hydrogens is 451 g/mol. The molecule has 0 saturated carbocycles. The second-order valence-corrected chi connectivity index (χ2v) is 8.77. The topological polar surface area (TPSA) is 49.3 Å². The van der Waals surface area contributed by atoms with Crippen molar-refractivity contribution in [1.29, 1.82) is 0 Å². The molecule has 0 N–H and O–H groups in total. The molecule has 9 heteroatoms. The van der Waals surface area contributed by atoms with Crippen LogP contribution in [0.15, 0.2) is 42.5 Å². The van der Waals surface area contributed by atoms with Crippen LogP contribution in [0.5, 0.6) is 0 Å². The van der Waals surface area contributed by atoms with Gasteiger partial charge < -0.3 is 9.80 Å². The van der Waals surface area contributed by atoms with E-state index in [2.05, 4.69) is 14.3 Å². The number of halogens is 3. The van der Waals surface area contributed by atoms with Crippen LogP contribution < -0.4 is 4.90 Å². The number of anilines is 1. The third kappa shape index (κ3) is 5.01. The molecule has 2 heterocycles. The fourth-order valence-corrected chi connectivity index (χ4v) is 4.58. The third-order valence-electron chi connectivity index (χ3n) is 4.68. The fourth-order valence-electron chi connectivity index (χ4n) is 3.19. The number of hydrogen-bond donors (Lipinski definition) is 0. The van der Waals surface area contributed by atoms with Crippen molar-refractivity contribution in [3.8, 4) is 0 Å². The van der Waals surface area contributed by atoms with Gasteiger partial charge in [-0.2, -0.15) is 4.37 Å². The van der Waals surface area contributed by atoms with E-state index in [9.17, 15) is 4.79 Å². The molecular formula is C20H17Cl3N4OS. The van der Waals surface area contributed by atoms with Crippen molar-refractivity contribution in [3.05, 3.63) is 74.5 Å². The lowest BCUT2D eigenvalue weighted by Crippen LogP contribution is -2.48. The smallest absolute Gasteiger partial charge is 0.254 e. The molecule has 0 bridgehead atoms. The minimum atomic E-state index is -0.0604. The van der Waals surface area contributed by atoms with Crippen LogP contribution in [-0.4, -0.2) is 46.3 Å². The molecule has 0 atom stereocenters. The molecule has 3 aromatic rings. The van der Waals surface area contributed by atoms with Crippen molar-refractivity contribution in [1.82, 2.24) is 14.3 Å². The van der Waals surface area contributed by atoms with E-state index in [0.717, 1.165) is 16.5 Å². The van der Waals surface area contributed by atoms with Crippen LogP contribution in [0.2, 0.25) is 15.1 Å². The minimum absolute atomic E-state index is 0.0604. The zero-order chi connectivity index (χ0) is 20.4. The van der Waals surface area contributed by atoms with Crippen LogP contribution in [0, 0.1) is 0 Å². The standard InChI is InChI=1S/C20H17Cl3N4OS/c21-15-3-1-13(2-4-15)9-18-24-20(29-25-18)27-7-5-26(6-8-27)19(28)14-10-16(22)12-17(23)11-14/h1-4,10-12H,5-9H2. The Labute approximate surface area is 188 Å². The Hall–Kier alpha value is -1.86. The summed E-state index contributed by atoms with van der Waals surface area (Å²) < 4.78 is 4.48. The lowest BCUT2D eigenvalue weighted by molar-refractivity contribution is 0.0746. The number of amides is 1. The number of rotatable bonds is 4. The molecule has 1 fully saturated rings. The van der Waals surface area contributed by atoms with Gasteiger partial charge >= 0.3 is 0 Å². The van der Waals surface area contributed by atoms with E-state index in [1.807, 2.05) is 29.2 Å². The van der Waals surface area contributed by atoms with Gasteiger partial charge in [0.15, 0.2) is 0 Å². The maximum atomic E-state index is 12.7. The summed E-state index contributed by atoms with van der Waals surface area (Å²) in [5.41, 5.74) is 1.63. The molecule has 0 aliphatic carbocycles. The van der Waals surface area contributed by atoms with Crippen molar-refractivity contribution in [2.45, 2.75) is 6.42 Å². The quantitative estimate of drug-likeness (QED) is 0.539. The van der Waals surface area contributed by atoms with E-state index in [4.69, 9.17) is 34.8 Å². The summed E-state index contributed by atoms with van der Waals surface area (Å²) in [7, 11) is 0. The molecule has 4 rings (SSSR count). The van der Waals surface area contributed by atoms with Gasteiger partial charge in [-0.05, 0) is 35.9 Å². The Balaban J connectivity index is 1.36. The van der Waals surface area contributed by atoms with Crippen LogP contribution in [0.4, 0.5) is 5.13 Å². The Kier molecular flexibility index (Phi) is 6.25. The molecule has 5 nitrogen and oxygen atoms in total. The summed E-state index contributed by atoms with van der Waals surface area (Å²) in [4.78, 5) is 21.4. The highest BCUT2D eigenvalue weighted by Crippen LogP contribution is 2.23. The molecule has 0 unspecified atom stereocenters.